The Morgan fingerprint density at radius 1 is 1.33 bits per heavy atom. The molecule has 1 aliphatic heterocycles. The third-order valence-electron chi connectivity index (χ3n) is 4.04. The number of nitrogens with zero attached hydrogens (tertiary/aromatic N) is 2. The molecular weight excluding hydrogens is 262 g/mol. The fourth-order valence-corrected chi connectivity index (χ4v) is 3.05. The SMILES string of the molecule is Cc1cc(CN2CC(C)(C)NCC2c2ccccc2)no1. The normalized spacial score (nSPS) is 22.3. The zero-order valence-corrected chi connectivity index (χ0v) is 13.0. The van der Waals surface area contributed by atoms with E-state index in [2.05, 4.69) is 59.6 Å². The minimum absolute atomic E-state index is 0.115. The second kappa shape index (κ2) is 5.62. The van der Waals surface area contributed by atoms with Crippen molar-refractivity contribution < 1.29 is 4.52 Å². The van der Waals surface area contributed by atoms with Crippen LogP contribution in [0.2, 0.25) is 0 Å². The van der Waals surface area contributed by atoms with E-state index in [1.807, 2.05) is 13.0 Å². The lowest BCUT2D eigenvalue weighted by Gasteiger charge is -2.44. The molecule has 0 radical (unpaired) electrons. The van der Waals surface area contributed by atoms with Crippen LogP contribution in [0.5, 0.6) is 0 Å². The molecule has 2 heterocycles. The number of hydrogen-bond acceptors (Lipinski definition) is 4. The molecule has 0 bridgehead atoms. The molecule has 0 aliphatic carbocycles. The van der Waals surface area contributed by atoms with E-state index >= 15 is 0 Å². The van der Waals surface area contributed by atoms with E-state index in [-0.39, 0.29) is 5.54 Å². The minimum Gasteiger partial charge on any atom is -0.361 e. The molecule has 4 nitrogen and oxygen atoms in total. The predicted octanol–water partition coefficient (Wildman–Crippen LogP) is 2.91. The Bertz CT molecular complexity index is 591. The number of nitrogens with one attached hydrogen (secondary N) is 1. The Morgan fingerprint density at radius 3 is 2.76 bits per heavy atom. The molecule has 0 amide bonds. The van der Waals surface area contributed by atoms with Crippen molar-refractivity contribution in [1.82, 2.24) is 15.4 Å². The highest BCUT2D eigenvalue weighted by molar-refractivity contribution is 5.21. The Labute approximate surface area is 126 Å². The van der Waals surface area contributed by atoms with Crippen molar-refractivity contribution in [3.63, 3.8) is 0 Å². The zero-order valence-electron chi connectivity index (χ0n) is 13.0. The van der Waals surface area contributed by atoms with Crippen LogP contribution >= 0.6 is 0 Å². The van der Waals surface area contributed by atoms with Crippen molar-refractivity contribution in [2.75, 3.05) is 13.1 Å². The average molecular weight is 285 g/mol. The molecule has 1 atom stereocenters. The Morgan fingerprint density at radius 2 is 2.10 bits per heavy atom. The van der Waals surface area contributed by atoms with Crippen LogP contribution in [-0.4, -0.2) is 28.7 Å². The molecule has 2 aromatic rings. The summed E-state index contributed by atoms with van der Waals surface area (Å²) in [4.78, 5) is 2.49. The monoisotopic (exact) mass is 285 g/mol. The molecule has 1 fully saturated rings. The van der Waals surface area contributed by atoms with Crippen LogP contribution in [0.4, 0.5) is 0 Å². The fourth-order valence-electron chi connectivity index (χ4n) is 3.05. The first-order chi connectivity index (χ1) is 10.0. The largest absolute Gasteiger partial charge is 0.361 e. The van der Waals surface area contributed by atoms with Crippen molar-refractivity contribution in [1.29, 1.82) is 0 Å². The van der Waals surface area contributed by atoms with Gasteiger partial charge >= 0.3 is 0 Å². The summed E-state index contributed by atoms with van der Waals surface area (Å²) in [7, 11) is 0. The van der Waals surface area contributed by atoms with Crippen LogP contribution in [0.15, 0.2) is 40.9 Å². The summed E-state index contributed by atoms with van der Waals surface area (Å²) in [6.07, 6.45) is 0. The van der Waals surface area contributed by atoms with Gasteiger partial charge in [-0.1, -0.05) is 35.5 Å². The van der Waals surface area contributed by atoms with E-state index in [0.717, 1.165) is 31.1 Å². The highest BCUT2D eigenvalue weighted by atomic mass is 16.5. The molecule has 0 saturated carbocycles. The maximum Gasteiger partial charge on any atom is 0.133 e. The number of rotatable bonds is 3. The van der Waals surface area contributed by atoms with Crippen LogP contribution in [0, 0.1) is 6.92 Å². The molecule has 0 spiro atoms. The van der Waals surface area contributed by atoms with Gasteiger partial charge < -0.3 is 9.84 Å². The number of aryl methyl sites for hydroxylation is 1. The van der Waals surface area contributed by atoms with E-state index in [1.54, 1.807) is 0 Å². The highest BCUT2D eigenvalue weighted by Crippen LogP contribution is 2.28. The molecule has 1 N–H and O–H groups in total. The van der Waals surface area contributed by atoms with Crippen molar-refractivity contribution in [3.05, 3.63) is 53.4 Å². The summed E-state index contributed by atoms with van der Waals surface area (Å²) < 4.78 is 5.21. The average Bonchev–Trinajstić information content (AvgIpc) is 2.84. The van der Waals surface area contributed by atoms with Crippen molar-refractivity contribution >= 4 is 0 Å². The van der Waals surface area contributed by atoms with Gasteiger partial charge in [0.25, 0.3) is 0 Å². The molecule has 4 heteroatoms. The third-order valence-corrected chi connectivity index (χ3v) is 4.04. The van der Waals surface area contributed by atoms with Gasteiger partial charge in [-0.15, -0.1) is 0 Å². The van der Waals surface area contributed by atoms with E-state index in [4.69, 9.17) is 4.52 Å². The zero-order chi connectivity index (χ0) is 14.9. The first-order valence-electron chi connectivity index (χ1n) is 7.50. The number of piperazine rings is 1. The molecule has 3 rings (SSSR count). The second-order valence-corrected chi connectivity index (χ2v) is 6.53. The first-order valence-corrected chi connectivity index (χ1v) is 7.50. The number of aromatic nitrogens is 1. The van der Waals surface area contributed by atoms with Crippen molar-refractivity contribution in [3.8, 4) is 0 Å². The van der Waals surface area contributed by atoms with Gasteiger partial charge in [0, 0.05) is 37.3 Å². The van der Waals surface area contributed by atoms with Crippen LogP contribution in [-0.2, 0) is 6.54 Å². The maximum atomic E-state index is 5.21. The molecule has 1 aromatic heterocycles. The lowest BCUT2D eigenvalue weighted by Crippen LogP contribution is -2.57. The highest BCUT2D eigenvalue weighted by Gasteiger charge is 2.33. The standard InChI is InChI=1S/C17H23N3O/c1-13-9-15(19-21-13)11-20-12-17(2,3)18-10-16(20)14-7-5-4-6-8-14/h4-9,16,18H,10-12H2,1-3H3. The van der Waals surface area contributed by atoms with E-state index in [1.165, 1.54) is 5.56 Å². The minimum atomic E-state index is 0.115. The van der Waals surface area contributed by atoms with Gasteiger partial charge in [-0.3, -0.25) is 4.90 Å². The van der Waals surface area contributed by atoms with Gasteiger partial charge in [0.05, 0.1) is 5.69 Å². The molecular formula is C17H23N3O. The van der Waals surface area contributed by atoms with Crippen LogP contribution in [0.25, 0.3) is 0 Å². The van der Waals surface area contributed by atoms with E-state index < -0.39 is 0 Å². The van der Waals surface area contributed by atoms with Gasteiger partial charge in [0.15, 0.2) is 0 Å². The molecule has 1 aliphatic rings. The van der Waals surface area contributed by atoms with Gasteiger partial charge in [-0.2, -0.15) is 0 Å². The predicted molar refractivity (Wildman–Crippen MR) is 82.9 cm³/mol. The van der Waals surface area contributed by atoms with Crippen LogP contribution in [0.3, 0.4) is 0 Å². The molecule has 1 saturated heterocycles. The topological polar surface area (TPSA) is 41.3 Å². The summed E-state index contributed by atoms with van der Waals surface area (Å²) >= 11 is 0. The van der Waals surface area contributed by atoms with Gasteiger partial charge in [-0.25, -0.2) is 0 Å². The Kier molecular flexibility index (Phi) is 3.83. The molecule has 1 unspecified atom stereocenters. The molecule has 112 valence electrons. The van der Waals surface area contributed by atoms with E-state index in [0.29, 0.717) is 6.04 Å². The van der Waals surface area contributed by atoms with E-state index in [9.17, 15) is 0 Å². The lowest BCUT2D eigenvalue weighted by atomic mass is 9.94. The molecule has 21 heavy (non-hydrogen) atoms. The lowest BCUT2D eigenvalue weighted by molar-refractivity contribution is 0.0857. The summed E-state index contributed by atoms with van der Waals surface area (Å²) in [5.74, 6) is 0.871. The third kappa shape index (κ3) is 3.34. The second-order valence-electron chi connectivity index (χ2n) is 6.53. The number of benzene rings is 1. The van der Waals surface area contributed by atoms with Gasteiger partial charge in [0.2, 0.25) is 0 Å². The quantitative estimate of drug-likeness (QED) is 0.941. The van der Waals surface area contributed by atoms with Gasteiger partial charge in [0.1, 0.15) is 5.76 Å². The summed E-state index contributed by atoms with van der Waals surface area (Å²) in [5.41, 5.74) is 2.47. The first kappa shape index (κ1) is 14.3. The van der Waals surface area contributed by atoms with Crippen molar-refractivity contribution in [2.24, 2.45) is 0 Å². The Balaban J connectivity index is 1.83. The fraction of sp³-hybridized carbons (Fsp3) is 0.471. The smallest absolute Gasteiger partial charge is 0.133 e. The summed E-state index contributed by atoms with van der Waals surface area (Å²) in [6, 6.07) is 13.1. The Hall–Kier alpha value is -1.65. The van der Waals surface area contributed by atoms with Gasteiger partial charge in [-0.05, 0) is 26.3 Å². The number of hydrogen-bond donors (Lipinski definition) is 1. The van der Waals surface area contributed by atoms with Crippen LogP contribution < -0.4 is 5.32 Å². The van der Waals surface area contributed by atoms with Crippen molar-refractivity contribution in [2.45, 2.75) is 38.9 Å². The van der Waals surface area contributed by atoms with Crippen LogP contribution in [0.1, 0.15) is 36.9 Å². The maximum absolute atomic E-state index is 5.21. The summed E-state index contributed by atoms with van der Waals surface area (Å²) in [6.45, 7) is 9.19. The summed E-state index contributed by atoms with van der Waals surface area (Å²) in [5, 5.41) is 7.79. The molecule has 1 aromatic carbocycles.